The Bertz CT molecular complexity index is 645. The molecular formula is C17H17NO2. The van der Waals surface area contributed by atoms with Crippen molar-refractivity contribution in [1.29, 1.82) is 0 Å². The van der Waals surface area contributed by atoms with Crippen LogP contribution >= 0.6 is 0 Å². The Balaban J connectivity index is 2.22. The summed E-state index contributed by atoms with van der Waals surface area (Å²) in [6, 6.07) is 9.99. The lowest BCUT2D eigenvalue weighted by atomic mass is 9.99. The average Bonchev–Trinajstić information content (AvgIpc) is 2.43. The number of aliphatic carboxylic acids is 1. The average molecular weight is 267 g/mol. The molecule has 0 radical (unpaired) electrons. The number of carboxylic acids is 1. The Morgan fingerprint density at radius 2 is 2.15 bits per heavy atom. The monoisotopic (exact) mass is 267 g/mol. The van der Waals surface area contributed by atoms with Gasteiger partial charge in [-0.3, -0.25) is 4.98 Å². The minimum atomic E-state index is -0.887. The Hall–Kier alpha value is -2.42. The molecule has 1 heterocycles. The van der Waals surface area contributed by atoms with Crippen LogP contribution in [-0.4, -0.2) is 16.1 Å². The Morgan fingerprint density at radius 1 is 1.35 bits per heavy atom. The summed E-state index contributed by atoms with van der Waals surface area (Å²) in [5.74, 6) is -0.887. The van der Waals surface area contributed by atoms with Gasteiger partial charge in [0.1, 0.15) is 0 Å². The highest BCUT2D eigenvalue weighted by Crippen LogP contribution is 2.17. The number of benzene rings is 1. The van der Waals surface area contributed by atoms with Gasteiger partial charge in [0, 0.05) is 18.0 Å². The normalized spacial score (nSPS) is 11.4. The first-order chi connectivity index (χ1) is 9.56. The van der Waals surface area contributed by atoms with Gasteiger partial charge in [-0.25, -0.2) is 4.79 Å². The molecule has 0 bridgehead atoms. The molecule has 0 spiro atoms. The van der Waals surface area contributed by atoms with Crippen molar-refractivity contribution in [2.45, 2.75) is 20.3 Å². The lowest BCUT2D eigenvalue weighted by molar-refractivity contribution is -0.132. The molecule has 0 atom stereocenters. The van der Waals surface area contributed by atoms with Crippen molar-refractivity contribution in [3.8, 4) is 0 Å². The highest BCUT2D eigenvalue weighted by Gasteiger charge is 2.03. The van der Waals surface area contributed by atoms with Crippen LogP contribution in [0.15, 0.2) is 48.3 Å². The molecule has 3 nitrogen and oxygen atoms in total. The van der Waals surface area contributed by atoms with Gasteiger partial charge in [0.05, 0.1) is 0 Å². The maximum absolute atomic E-state index is 10.8. The number of pyridine rings is 1. The number of carboxylic acid groups (broad SMARTS) is 1. The van der Waals surface area contributed by atoms with Crippen molar-refractivity contribution in [3.63, 3.8) is 0 Å². The van der Waals surface area contributed by atoms with E-state index in [0.717, 1.165) is 17.5 Å². The molecule has 0 amide bonds. The summed E-state index contributed by atoms with van der Waals surface area (Å²) in [4.78, 5) is 14.9. The zero-order valence-corrected chi connectivity index (χ0v) is 11.6. The standard InChI is InChI=1S/C17H17NO2/c1-12-8-14(9-13(2)17(19)20)5-6-16(12)10-15-4-3-7-18-11-15/h3-9,11H,10H2,1-2H3,(H,19,20)/b13-9+. The van der Waals surface area contributed by atoms with Crippen LogP contribution < -0.4 is 0 Å². The molecule has 1 N–H and O–H groups in total. The van der Waals surface area contributed by atoms with Crippen LogP contribution in [0.2, 0.25) is 0 Å². The van der Waals surface area contributed by atoms with Crippen LogP contribution in [0.25, 0.3) is 6.08 Å². The molecule has 102 valence electrons. The van der Waals surface area contributed by atoms with Gasteiger partial charge >= 0.3 is 5.97 Å². The lowest BCUT2D eigenvalue weighted by Crippen LogP contribution is -1.96. The van der Waals surface area contributed by atoms with Crippen molar-refractivity contribution in [1.82, 2.24) is 4.98 Å². The largest absolute Gasteiger partial charge is 0.478 e. The van der Waals surface area contributed by atoms with Gasteiger partial charge < -0.3 is 5.11 Å². The second-order valence-corrected chi connectivity index (χ2v) is 4.86. The molecule has 0 aliphatic heterocycles. The van der Waals surface area contributed by atoms with Gasteiger partial charge in [0.15, 0.2) is 0 Å². The van der Waals surface area contributed by atoms with E-state index in [0.29, 0.717) is 5.57 Å². The van der Waals surface area contributed by atoms with Crippen molar-refractivity contribution < 1.29 is 9.90 Å². The maximum atomic E-state index is 10.8. The predicted molar refractivity (Wildman–Crippen MR) is 79.5 cm³/mol. The van der Waals surface area contributed by atoms with Crippen molar-refractivity contribution in [3.05, 3.63) is 70.6 Å². The van der Waals surface area contributed by atoms with Crippen LogP contribution in [0, 0.1) is 6.92 Å². The minimum absolute atomic E-state index is 0.337. The van der Waals surface area contributed by atoms with Crippen molar-refractivity contribution in [2.24, 2.45) is 0 Å². The highest BCUT2D eigenvalue weighted by atomic mass is 16.4. The summed E-state index contributed by atoms with van der Waals surface area (Å²) < 4.78 is 0. The van der Waals surface area contributed by atoms with Crippen molar-refractivity contribution in [2.75, 3.05) is 0 Å². The van der Waals surface area contributed by atoms with Crippen LogP contribution in [-0.2, 0) is 11.2 Å². The van der Waals surface area contributed by atoms with Crippen LogP contribution in [0.1, 0.15) is 29.2 Å². The molecule has 1 aromatic carbocycles. The molecule has 0 saturated carbocycles. The van der Waals surface area contributed by atoms with Gasteiger partial charge in [-0.05, 0) is 54.7 Å². The van der Waals surface area contributed by atoms with E-state index >= 15 is 0 Å². The summed E-state index contributed by atoms with van der Waals surface area (Å²) in [5.41, 5.74) is 4.80. The van der Waals surface area contributed by atoms with Crippen LogP contribution in [0.4, 0.5) is 0 Å². The third-order valence-electron chi connectivity index (χ3n) is 3.20. The van der Waals surface area contributed by atoms with Gasteiger partial charge in [-0.15, -0.1) is 0 Å². The smallest absolute Gasteiger partial charge is 0.331 e. The van der Waals surface area contributed by atoms with E-state index in [2.05, 4.69) is 11.1 Å². The first kappa shape index (κ1) is 14.0. The van der Waals surface area contributed by atoms with Gasteiger partial charge in [0.2, 0.25) is 0 Å². The SMILES string of the molecule is C/C(=C\c1ccc(Cc2cccnc2)c(C)c1)C(=O)O. The molecule has 0 fully saturated rings. The third kappa shape index (κ3) is 3.54. The predicted octanol–water partition coefficient (Wildman–Crippen LogP) is 3.47. The number of hydrogen-bond donors (Lipinski definition) is 1. The number of nitrogens with zero attached hydrogens (tertiary/aromatic N) is 1. The second-order valence-electron chi connectivity index (χ2n) is 4.86. The number of carbonyl (C=O) groups is 1. The molecule has 2 aromatic rings. The van der Waals surface area contributed by atoms with Crippen LogP contribution in [0.5, 0.6) is 0 Å². The van der Waals surface area contributed by atoms with E-state index in [1.807, 2.05) is 37.4 Å². The quantitative estimate of drug-likeness (QED) is 0.863. The highest BCUT2D eigenvalue weighted by molar-refractivity contribution is 5.91. The lowest BCUT2D eigenvalue weighted by Gasteiger charge is -2.07. The molecule has 20 heavy (non-hydrogen) atoms. The number of aromatic nitrogens is 1. The zero-order valence-electron chi connectivity index (χ0n) is 11.6. The summed E-state index contributed by atoms with van der Waals surface area (Å²) in [5, 5.41) is 8.89. The fourth-order valence-electron chi connectivity index (χ4n) is 2.04. The second kappa shape index (κ2) is 6.15. The van der Waals surface area contributed by atoms with Gasteiger partial charge in [0.25, 0.3) is 0 Å². The fraction of sp³-hybridized carbons (Fsp3) is 0.176. The summed E-state index contributed by atoms with van der Waals surface area (Å²) in [6.07, 6.45) is 6.14. The number of hydrogen-bond acceptors (Lipinski definition) is 2. The van der Waals surface area contributed by atoms with Gasteiger partial charge in [-0.1, -0.05) is 24.3 Å². The molecule has 0 aliphatic carbocycles. The summed E-state index contributed by atoms with van der Waals surface area (Å²) in [7, 11) is 0. The van der Waals surface area contributed by atoms with E-state index in [4.69, 9.17) is 5.11 Å². The van der Waals surface area contributed by atoms with Gasteiger partial charge in [-0.2, -0.15) is 0 Å². The Morgan fingerprint density at radius 3 is 2.75 bits per heavy atom. The van der Waals surface area contributed by atoms with E-state index in [1.54, 1.807) is 19.2 Å². The maximum Gasteiger partial charge on any atom is 0.331 e. The molecule has 3 heteroatoms. The number of rotatable bonds is 4. The Kier molecular flexibility index (Phi) is 4.31. The summed E-state index contributed by atoms with van der Waals surface area (Å²) >= 11 is 0. The molecular weight excluding hydrogens is 250 g/mol. The van der Waals surface area contributed by atoms with Crippen LogP contribution in [0.3, 0.4) is 0 Å². The van der Waals surface area contributed by atoms with E-state index in [9.17, 15) is 4.79 Å². The first-order valence-corrected chi connectivity index (χ1v) is 6.46. The zero-order chi connectivity index (χ0) is 14.5. The number of aryl methyl sites for hydroxylation is 1. The minimum Gasteiger partial charge on any atom is -0.478 e. The van der Waals surface area contributed by atoms with Crippen molar-refractivity contribution >= 4 is 12.0 Å². The molecule has 0 saturated heterocycles. The third-order valence-corrected chi connectivity index (χ3v) is 3.20. The summed E-state index contributed by atoms with van der Waals surface area (Å²) in [6.45, 7) is 3.64. The fourth-order valence-corrected chi connectivity index (χ4v) is 2.04. The van der Waals surface area contributed by atoms with E-state index in [-0.39, 0.29) is 0 Å². The first-order valence-electron chi connectivity index (χ1n) is 6.46. The Labute approximate surface area is 118 Å². The topological polar surface area (TPSA) is 50.2 Å². The molecule has 0 unspecified atom stereocenters. The molecule has 1 aromatic heterocycles. The van der Waals surface area contributed by atoms with E-state index < -0.39 is 5.97 Å². The molecule has 0 aliphatic rings. The molecule has 2 rings (SSSR count). The van der Waals surface area contributed by atoms with E-state index in [1.165, 1.54) is 11.1 Å².